The zero-order valence-electron chi connectivity index (χ0n) is 16.9. The molecule has 0 unspecified atom stereocenters. The average Bonchev–Trinajstić information content (AvgIpc) is 2.80. The molecule has 0 aromatic heterocycles. The zero-order chi connectivity index (χ0) is 20.3. The van der Waals surface area contributed by atoms with Crippen molar-refractivity contribution in [2.45, 2.75) is 44.9 Å². The van der Waals surface area contributed by atoms with Gasteiger partial charge in [0.2, 0.25) is 0 Å². The average molecular weight is 395 g/mol. The van der Waals surface area contributed by atoms with E-state index in [1.165, 1.54) is 32.1 Å². The maximum Gasteiger partial charge on any atom is 0.338 e. The Hall–Kier alpha value is -2.62. The van der Waals surface area contributed by atoms with E-state index >= 15 is 0 Å². The van der Waals surface area contributed by atoms with Gasteiger partial charge in [-0.1, -0.05) is 68.5 Å². The van der Waals surface area contributed by atoms with Crippen molar-refractivity contribution in [1.29, 1.82) is 0 Å². The van der Waals surface area contributed by atoms with Gasteiger partial charge in [0.1, 0.15) is 0 Å². The molecule has 1 aliphatic carbocycles. The van der Waals surface area contributed by atoms with Gasteiger partial charge in [-0.3, -0.25) is 0 Å². The number of benzene rings is 2. The summed E-state index contributed by atoms with van der Waals surface area (Å²) in [6, 6.07) is 18.0. The summed E-state index contributed by atoms with van der Waals surface area (Å²) < 4.78 is 11.1. The standard InChI is InChI=1S/C25H30O4/c26-24(22-12-6-2-7-13-22)28-18-21(17-16-20-10-4-1-5-11-20)19-29-25(27)23-14-8-3-9-15-23/h2-3,6-9,12-15,20-21H,1,4-5,10-11,16-19H2. The molecule has 0 amide bonds. The summed E-state index contributed by atoms with van der Waals surface area (Å²) in [5.74, 6) is 0.0865. The largest absolute Gasteiger partial charge is 0.462 e. The van der Waals surface area contributed by atoms with E-state index in [0.29, 0.717) is 11.1 Å². The fourth-order valence-corrected chi connectivity index (χ4v) is 3.86. The monoisotopic (exact) mass is 394 g/mol. The number of ether oxygens (including phenoxy) is 2. The molecule has 154 valence electrons. The molecule has 0 spiro atoms. The molecule has 1 fully saturated rings. The second-order valence-electron chi connectivity index (χ2n) is 7.88. The number of rotatable bonds is 9. The second-order valence-corrected chi connectivity index (χ2v) is 7.88. The summed E-state index contributed by atoms with van der Waals surface area (Å²) in [4.78, 5) is 24.6. The first-order valence-corrected chi connectivity index (χ1v) is 10.7. The van der Waals surface area contributed by atoms with Crippen LogP contribution in [0, 0.1) is 11.8 Å². The van der Waals surface area contributed by atoms with E-state index in [0.717, 1.165) is 18.8 Å². The molecule has 2 aromatic rings. The maximum atomic E-state index is 12.3. The van der Waals surface area contributed by atoms with Crippen LogP contribution < -0.4 is 0 Å². The molecule has 29 heavy (non-hydrogen) atoms. The van der Waals surface area contributed by atoms with Gasteiger partial charge in [0.25, 0.3) is 0 Å². The van der Waals surface area contributed by atoms with Gasteiger partial charge in [0.05, 0.1) is 24.3 Å². The molecule has 0 N–H and O–H groups in total. The summed E-state index contributed by atoms with van der Waals surface area (Å²) in [5, 5.41) is 0. The van der Waals surface area contributed by atoms with Gasteiger partial charge in [0.15, 0.2) is 0 Å². The highest BCUT2D eigenvalue weighted by molar-refractivity contribution is 5.89. The van der Waals surface area contributed by atoms with E-state index < -0.39 is 0 Å². The first kappa shape index (κ1) is 21.1. The number of hydrogen-bond donors (Lipinski definition) is 0. The Labute approximate surface area is 173 Å². The SMILES string of the molecule is O=C(OCC(CCC1CCCCC1)COC(=O)c1ccccc1)c1ccccc1. The van der Waals surface area contributed by atoms with E-state index in [9.17, 15) is 9.59 Å². The number of carbonyl (C=O) groups excluding carboxylic acids is 2. The van der Waals surface area contributed by atoms with Gasteiger partial charge >= 0.3 is 11.9 Å². The molecule has 1 aliphatic rings. The molecule has 4 nitrogen and oxygen atoms in total. The molecule has 0 saturated heterocycles. The normalized spacial score (nSPS) is 14.5. The Morgan fingerprint density at radius 3 is 1.72 bits per heavy atom. The predicted octanol–water partition coefficient (Wildman–Crippen LogP) is 5.68. The van der Waals surface area contributed by atoms with E-state index in [1.807, 2.05) is 36.4 Å². The third-order valence-corrected chi connectivity index (χ3v) is 5.63. The van der Waals surface area contributed by atoms with Crippen molar-refractivity contribution in [3.05, 3.63) is 71.8 Å². The molecule has 0 radical (unpaired) electrons. The van der Waals surface area contributed by atoms with Crippen LogP contribution in [-0.2, 0) is 9.47 Å². The smallest absolute Gasteiger partial charge is 0.338 e. The highest BCUT2D eigenvalue weighted by atomic mass is 16.5. The van der Waals surface area contributed by atoms with Crippen molar-refractivity contribution < 1.29 is 19.1 Å². The number of carbonyl (C=O) groups is 2. The predicted molar refractivity (Wildman–Crippen MR) is 113 cm³/mol. The Balaban J connectivity index is 1.53. The van der Waals surface area contributed by atoms with Crippen molar-refractivity contribution in [3.63, 3.8) is 0 Å². The van der Waals surface area contributed by atoms with E-state index in [4.69, 9.17) is 9.47 Å². The lowest BCUT2D eigenvalue weighted by molar-refractivity contribution is 0.0236. The first-order chi connectivity index (χ1) is 14.2. The molecule has 3 rings (SSSR count). The lowest BCUT2D eigenvalue weighted by Gasteiger charge is -2.24. The molecule has 0 bridgehead atoms. The van der Waals surface area contributed by atoms with Crippen molar-refractivity contribution in [1.82, 2.24) is 0 Å². The highest BCUT2D eigenvalue weighted by Gasteiger charge is 2.20. The van der Waals surface area contributed by atoms with Crippen LogP contribution in [0.25, 0.3) is 0 Å². The molecular weight excluding hydrogens is 364 g/mol. The maximum absolute atomic E-state index is 12.3. The molecule has 0 atom stereocenters. The Bertz CT molecular complexity index is 695. The summed E-state index contributed by atoms with van der Waals surface area (Å²) in [5.41, 5.74) is 1.08. The molecule has 2 aromatic carbocycles. The van der Waals surface area contributed by atoms with Crippen molar-refractivity contribution in [2.75, 3.05) is 13.2 Å². The van der Waals surface area contributed by atoms with E-state index in [2.05, 4.69) is 0 Å². The highest BCUT2D eigenvalue weighted by Crippen LogP contribution is 2.29. The molecular formula is C25H30O4. The topological polar surface area (TPSA) is 52.6 Å². The summed E-state index contributed by atoms with van der Waals surface area (Å²) in [7, 11) is 0. The van der Waals surface area contributed by atoms with Crippen molar-refractivity contribution in [2.24, 2.45) is 11.8 Å². The van der Waals surface area contributed by atoms with Crippen molar-refractivity contribution >= 4 is 11.9 Å². The first-order valence-electron chi connectivity index (χ1n) is 10.7. The van der Waals surface area contributed by atoms with Crippen LogP contribution in [0.2, 0.25) is 0 Å². The van der Waals surface area contributed by atoms with Crippen LogP contribution in [0.3, 0.4) is 0 Å². The van der Waals surface area contributed by atoms with Gasteiger partial charge in [-0.15, -0.1) is 0 Å². The third-order valence-electron chi connectivity index (χ3n) is 5.63. The van der Waals surface area contributed by atoms with Gasteiger partial charge in [-0.05, 0) is 43.0 Å². The van der Waals surface area contributed by atoms with Crippen LogP contribution >= 0.6 is 0 Å². The lowest BCUT2D eigenvalue weighted by Crippen LogP contribution is -2.22. The molecule has 1 saturated carbocycles. The van der Waals surface area contributed by atoms with E-state index in [-0.39, 0.29) is 31.1 Å². The van der Waals surface area contributed by atoms with Crippen LogP contribution in [0.1, 0.15) is 65.7 Å². The minimum absolute atomic E-state index is 0.0113. The lowest BCUT2D eigenvalue weighted by atomic mass is 9.84. The van der Waals surface area contributed by atoms with Crippen LogP contribution in [0.4, 0.5) is 0 Å². The number of hydrogen-bond acceptors (Lipinski definition) is 4. The molecule has 0 heterocycles. The fraction of sp³-hybridized carbons (Fsp3) is 0.440. The minimum Gasteiger partial charge on any atom is -0.462 e. The summed E-state index contributed by atoms with van der Waals surface area (Å²) in [6.45, 7) is 0.533. The van der Waals surface area contributed by atoms with Gasteiger partial charge < -0.3 is 9.47 Å². The Morgan fingerprint density at radius 1 is 0.759 bits per heavy atom. The Kier molecular flexibility index (Phi) is 8.29. The summed E-state index contributed by atoms with van der Waals surface area (Å²) in [6.07, 6.45) is 8.50. The quantitative estimate of drug-likeness (QED) is 0.514. The van der Waals surface area contributed by atoms with Crippen LogP contribution in [0.5, 0.6) is 0 Å². The van der Waals surface area contributed by atoms with E-state index in [1.54, 1.807) is 24.3 Å². The summed E-state index contributed by atoms with van der Waals surface area (Å²) >= 11 is 0. The van der Waals surface area contributed by atoms with Crippen molar-refractivity contribution in [3.8, 4) is 0 Å². The second kappa shape index (κ2) is 11.4. The molecule has 4 heteroatoms. The fourth-order valence-electron chi connectivity index (χ4n) is 3.86. The van der Waals surface area contributed by atoms with Gasteiger partial charge in [-0.2, -0.15) is 0 Å². The third kappa shape index (κ3) is 7.04. The van der Waals surface area contributed by atoms with Gasteiger partial charge in [-0.25, -0.2) is 9.59 Å². The van der Waals surface area contributed by atoms with Crippen LogP contribution in [-0.4, -0.2) is 25.2 Å². The van der Waals surface area contributed by atoms with Gasteiger partial charge in [0, 0.05) is 5.92 Å². The Morgan fingerprint density at radius 2 is 1.24 bits per heavy atom. The minimum atomic E-state index is -0.331. The zero-order valence-corrected chi connectivity index (χ0v) is 16.9. The van der Waals surface area contributed by atoms with Crippen LogP contribution in [0.15, 0.2) is 60.7 Å². The molecule has 0 aliphatic heterocycles. The number of esters is 2.